The Kier molecular flexibility index (Phi) is 5.82. The minimum absolute atomic E-state index is 0.754. The van der Waals surface area contributed by atoms with Crippen LogP contribution in [0.15, 0.2) is 24.3 Å². The highest BCUT2D eigenvalue weighted by Gasteiger charge is 2.08. The first-order valence-corrected chi connectivity index (χ1v) is 7.15. The molecule has 1 aliphatic heterocycles. The van der Waals surface area contributed by atoms with Crippen molar-refractivity contribution in [3.63, 3.8) is 0 Å². The number of halogens is 1. The van der Waals surface area contributed by atoms with Gasteiger partial charge in [-0.25, -0.2) is 0 Å². The number of rotatable bonds is 6. The Balaban J connectivity index is 1.54. The number of likely N-dealkylation sites (tertiary alicyclic amines) is 1. The van der Waals surface area contributed by atoms with Crippen molar-refractivity contribution in [1.29, 1.82) is 0 Å². The molecule has 1 aromatic rings. The molecule has 0 saturated carbocycles. The van der Waals surface area contributed by atoms with Gasteiger partial charge in [-0.05, 0) is 76.0 Å². The quantitative estimate of drug-likeness (QED) is 0.726. The highest BCUT2D eigenvalue weighted by atomic mass is 35.5. The highest BCUT2D eigenvalue weighted by Crippen LogP contribution is 2.16. The van der Waals surface area contributed by atoms with Crippen molar-refractivity contribution >= 4 is 11.6 Å². The normalized spacial score (nSPS) is 16.7. The molecule has 0 atom stereocenters. The molecule has 0 aliphatic carbocycles. The van der Waals surface area contributed by atoms with Crippen LogP contribution in [0.3, 0.4) is 0 Å². The topological polar surface area (TPSA) is 12.5 Å². The lowest BCUT2D eigenvalue weighted by atomic mass is 10.1. The second kappa shape index (κ2) is 7.65. The van der Waals surface area contributed by atoms with Crippen molar-refractivity contribution in [2.75, 3.05) is 26.2 Å². The third kappa shape index (κ3) is 4.87. The number of piperidine rings is 1. The van der Waals surface area contributed by atoms with E-state index in [2.05, 4.69) is 11.3 Å². The van der Waals surface area contributed by atoms with E-state index in [1.54, 1.807) is 0 Å². The zero-order valence-corrected chi connectivity index (χ0v) is 11.5. The summed E-state index contributed by atoms with van der Waals surface area (Å²) < 4.78 is 5.67. The van der Waals surface area contributed by atoms with Gasteiger partial charge in [-0.3, -0.25) is 0 Å². The van der Waals surface area contributed by atoms with Gasteiger partial charge in [-0.15, -0.1) is 0 Å². The Morgan fingerprint density at radius 2 is 1.78 bits per heavy atom. The first-order valence-electron chi connectivity index (χ1n) is 6.77. The summed E-state index contributed by atoms with van der Waals surface area (Å²) in [5.74, 6) is 0.909. The van der Waals surface area contributed by atoms with Crippen LogP contribution in [0.1, 0.15) is 25.7 Å². The third-order valence-corrected chi connectivity index (χ3v) is 3.50. The lowest BCUT2D eigenvalue weighted by Crippen LogP contribution is -2.30. The van der Waals surface area contributed by atoms with Crippen LogP contribution in [0.2, 0.25) is 5.02 Å². The zero-order valence-electron chi connectivity index (χ0n) is 10.8. The van der Waals surface area contributed by atoms with Crippen molar-refractivity contribution in [1.82, 2.24) is 4.90 Å². The minimum Gasteiger partial charge on any atom is -0.494 e. The lowest BCUT2D eigenvalue weighted by Gasteiger charge is -2.26. The molecule has 2 nitrogen and oxygen atoms in total. The van der Waals surface area contributed by atoms with E-state index in [0.29, 0.717) is 0 Å². The molecule has 18 heavy (non-hydrogen) atoms. The van der Waals surface area contributed by atoms with Crippen molar-refractivity contribution in [2.24, 2.45) is 0 Å². The maximum atomic E-state index is 5.82. The van der Waals surface area contributed by atoms with Gasteiger partial charge >= 0.3 is 0 Å². The zero-order chi connectivity index (χ0) is 12.6. The van der Waals surface area contributed by atoms with Crippen molar-refractivity contribution < 1.29 is 4.74 Å². The first-order chi connectivity index (χ1) is 8.84. The van der Waals surface area contributed by atoms with Gasteiger partial charge < -0.3 is 9.64 Å². The summed E-state index contributed by atoms with van der Waals surface area (Å²) in [6.45, 7) is 4.47. The predicted molar refractivity (Wildman–Crippen MR) is 76.2 cm³/mol. The Labute approximate surface area is 115 Å². The van der Waals surface area contributed by atoms with E-state index < -0.39 is 0 Å². The molecule has 0 N–H and O–H groups in total. The van der Waals surface area contributed by atoms with Gasteiger partial charge in [0.1, 0.15) is 5.75 Å². The average molecular weight is 267 g/mol. The van der Waals surface area contributed by atoms with E-state index in [1.165, 1.54) is 38.9 Å². The Bertz CT molecular complexity index is 333. The number of nitrogens with zero attached hydrogens (tertiary/aromatic N) is 1. The summed E-state index contributed by atoms with van der Waals surface area (Å²) in [7, 11) is 0. The van der Waals surface area contributed by atoms with Crippen LogP contribution in [0.5, 0.6) is 5.75 Å². The molecular formula is C15H21ClNO. The van der Waals surface area contributed by atoms with Gasteiger partial charge in [0.05, 0.1) is 6.61 Å². The van der Waals surface area contributed by atoms with Gasteiger partial charge in [0.25, 0.3) is 0 Å². The first kappa shape index (κ1) is 13.7. The summed E-state index contributed by atoms with van der Waals surface area (Å²) in [5.41, 5.74) is 0. The molecule has 1 radical (unpaired) electrons. The molecule has 0 bridgehead atoms. The van der Waals surface area contributed by atoms with Gasteiger partial charge in [0, 0.05) is 5.02 Å². The number of ether oxygens (including phenoxy) is 1. The molecule has 1 aromatic carbocycles. The monoisotopic (exact) mass is 266 g/mol. The van der Waals surface area contributed by atoms with Crippen LogP contribution in [-0.4, -0.2) is 31.1 Å². The van der Waals surface area contributed by atoms with Gasteiger partial charge in [0.2, 0.25) is 0 Å². The molecule has 1 saturated heterocycles. The van der Waals surface area contributed by atoms with E-state index in [-0.39, 0.29) is 0 Å². The minimum atomic E-state index is 0.754. The summed E-state index contributed by atoms with van der Waals surface area (Å²) in [4.78, 5) is 2.54. The lowest BCUT2D eigenvalue weighted by molar-refractivity contribution is 0.235. The number of benzene rings is 1. The van der Waals surface area contributed by atoms with Crippen LogP contribution in [0.4, 0.5) is 0 Å². The average Bonchev–Trinajstić information content (AvgIpc) is 2.42. The summed E-state index contributed by atoms with van der Waals surface area (Å²) >= 11 is 5.82. The molecule has 2 rings (SSSR count). The van der Waals surface area contributed by atoms with Crippen molar-refractivity contribution in [2.45, 2.75) is 25.7 Å². The smallest absolute Gasteiger partial charge is 0.119 e. The van der Waals surface area contributed by atoms with Gasteiger partial charge in [-0.2, -0.15) is 0 Å². The molecule has 99 valence electrons. The second-order valence-electron chi connectivity index (χ2n) is 4.72. The van der Waals surface area contributed by atoms with E-state index in [9.17, 15) is 0 Å². The van der Waals surface area contributed by atoms with Crippen LogP contribution in [0.25, 0.3) is 0 Å². The van der Waals surface area contributed by atoms with Crippen molar-refractivity contribution in [3.05, 3.63) is 35.7 Å². The van der Waals surface area contributed by atoms with E-state index in [0.717, 1.165) is 23.8 Å². The number of hydrogen-bond donors (Lipinski definition) is 0. The van der Waals surface area contributed by atoms with Gasteiger partial charge in [0.15, 0.2) is 0 Å². The molecule has 0 amide bonds. The van der Waals surface area contributed by atoms with E-state index >= 15 is 0 Å². The fraction of sp³-hybridized carbons (Fsp3) is 0.533. The Morgan fingerprint density at radius 1 is 1.06 bits per heavy atom. The molecule has 0 unspecified atom stereocenters. The summed E-state index contributed by atoms with van der Waals surface area (Å²) in [6, 6.07) is 7.56. The molecular weight excluding hydrogens is 246 g/mol. The number of unbranched alkanes of at least 4 members (excludes halogenated alkanes) is 1. The second-order valence-corrected chi connectivity index (χ2v) is 5.15. The fourth-order valence-electron chi connectivity index (χ4n) is 2.19. The fourth-order valence-corrected chi connectivity index (χ4v) is 2.31. The predicted octanol–water partition coefficient (Wildman–Crippen LogP) is 3.80. The van der Waals surface area contributed by atoms with Crippen molar-refractivity contribution in [3.8, 4) is 5.75 Å². The van der Waals surface area contributed by atoms with Crippen LogP contribution >= 0.6 is 11.6 Å². The Morgan fingerprint density at radius 3 is 2.50 bits per heavy atom. The molecule has 1 fully saturated rings. The molecule has 3 heteroatoms. The largest absolute Gasteiger partial charge is 0.494 e. The van der Waals surface area contributed by atoms with E-state index in [4.69, 9.17) is 16.3 Å². The molecule has 0 aromatic heterocycles. The van der Waals surface area contributed by atoms with Crippen LogP contribution in [-0.2, 0) is 0 Å². The molecule has 0 spiro atoms. The molecule has 1 aliphatic rings. The summed E-state index contributed by atoms with van der Waals surface area (Å²) in [5, 5.41) is 0.754. The standard InChI is InChI=1S/C15H21ClNO/c16-14-6-8-15(9-7-14)18-13-5-4-12-17-10-2-1-3-11-17/h1,6-9H,2-5,10-13H2. The third-order valence-electron chi connectivity index (χ3n) is 3.25. The van der Waals surface area contributed by atoms with Gasteiger partial charge in [-0.1, -0.05) is 11.6 Å². The number of hydrogen-bond acceptors (Lipinski definition) is 2. The SMILES string of the molecule is Clc1ccc(OCCCCN2CC[CH]CC2)cc1. The summed E-state index contributed by atoms with van der Waals surface area (Å²) in [6.07, 6.45) is 7.22. The van der Waals surface area contributed by atoms with Crippen LogP contribution in [0, 0.1) is 6.42 Å². The highest BCUT2D eigenvalue weighted by molar-refractivity contribution is 6.30. The van der Waals surface area contributed by atoms with Crippen LogP contribution < -0.4 is 4.74 Å². The van der Waals surface area contributed by atoms with E-state index in [1.807, 2.05) is 24.3 Å². The maximum absolute atomic E-state index is 5.82. The molecule has 1 heterocycles. The Hall–Kier alpha value is -0.730. The maximum Gasteiger partial charge on any atom is 0.119 e.